The van der Waals surface area contributed by atoms with Crippen LogP contribution < -0.4 is 0 Å². The van der Waals surface area contributed by atoms with Crippen LogP contribution in [0.25, 0.3) is 0 Å². The van der Waals surface area contributed by atoms with Crippen LogP contribution in [0.4, 0.5) is 8.78 Å². The zero-order valence-corrected chi connectivity index (χ0v) is 7.38. The minimum atomic E-state index is -1.62. The van der Waals surface area contributed by atoms with Gasteiger partial charge in [-0.3, -0.25) is 0 Å². The van der Waals surface area contributed by atoms with Crippen molar-refractivity contribution in [3.05, 3.63) is 34.9 Å². The Labute approximate surface area is 78.9 Å². The molecule has 0 amide bonds. The Morgan fingerprint density at radius 1 is 1.43 bits per heavy atom. The van der Waals surface area contributed by atoms with Crippen molar-refractivity contribution >= 4 is 5.97 Å². The lowest BCUT2D eigenvalue weighted by Crippen LogP contribution is -2.06. The van der Waals surface area contributed by atoms with Crippen LogP contribution in [0, 0.1) is 11.6 Å². The van der Waals surface area contributed by atoms with Crippen LogP contribution >= 0.6 is 0 Å². The molecule has 0 aliphatic rings. The zero-order valence-electron chi connectivity index (χ0n) is 7.38. The van der Waals surface area contributed by atoms with Crippen molar-refractivity contribution in [3.63, 3.8) is 0 Å². The van der Waals surface area contributed by atoms with Gasteiger partial charge in [-0.15, -0.1) is 0 Å². The van der Waals surface area contributed by atoms with Crippen molar-refractivity contribution in [2.45, 2.75) is 6.61 Å². The number of hydrogen-bond donors (Lipinski definition) is 1. The summed E-state index contributed by atoms with van der Waals surface area (Å²) in [6.45, 7) is 0.0355. The maximum Gasteiger partial charge on any atom is 0.341 e. The summed E-state index contributed by atoms with van der Waals surface area (Å²) in [6.07, 6.45) is 0. The lowest BCUT2D eigenvalue weighted by Gasteiger charge is -2.03. The number of hydrogen-bond acceptors (Lipinski definition) is 2. The van der Waals surface area contributed by atoms with Gasteiger partial charge >= 0.3 is 5.97 Å². The van der Waals surface area contributed by atoms with Crippen LogP contribution in [-0.4, -0.2) is 18.2 Å². The maximum absolute atomic E-state index is 13.0. The van der Waals surface area contributed by atoms with E-state index in [4.69, 9.17) is 5.11 Å². The average molecular weight is 202 g/mol. The molecule has 0 aromatic heterocycles. The van der Waals surface area contributed by atoms with Crippen LogP contribution in [0.5, 0.6) is 0 Å². The third kappa shape index (κ3) is 2.05. The summed E-state index contributed by atoms with van der Waals surface area (Å²) < 4.78 is 30.7. The van der Waals surface area contributed by atoms with E-state index in [-0.39, 0.29) is 12.2 Å². The molecule has 0 fully saturated rings. The lowest BCUT2D eigenvalue weighted by atomic mass is 10.1. The fourth-order valence-corrected chi connectivity index (χ4v) is 1.08. The smallest absolute Gasteiger partial charge is 0.341 e. The monoisotopic (exact) mass is 202 g/mol. The van der Waals surface area contributed by atoms with Crippen molar-refractivity contribution in [2.24, 2.45) is 0 Å². The predicted octanol–water partition coefficient (Wildman–Crippen LogP) is 1.81. The Morgan fingerprint density at radius 3 is 2.29 bits per heavy atom. The first-order chi connectivity index (χ1) is 6.56. The molecule has 1 rings (SSSR count). The van der Waals surface area contributed by atoms with Gasteiger partial charge in [0.2, 0.25) is 0 Å². The highest BCUT2D eigenvalue weighted by molar-refractivity contribution is 5.88. The molecule has 0 saturated heterocycles. The van der Waals surface area contributed by atoms with Crippen LogP contribution in [-0.2, 0) is 11.3 Å². The van der Waals surface area contributed by atoms with Crippen LogP contribution in [0.15, 0.2) is 12.1 Å². The topological polar surface area (TPSA) is 46.5 Å². The Bertz CT molecular complexity index is 340. The molecular formula is C9H8F2O3. The summed E-state index contributed by atoms with van der Waals surface area (Å²) >= 11 is 0. The van der Waals surface area contributed by atoms with E-state index in [2.05, 4.69) is 4.74 Å². The van der Waals surface area contributed by atoms with E-state index in [1.165, 1.54) is 7.11 Å². The number of rotatable bonds is 3. The van der Waals surface area contributed by atoms with Gasteiger partial charge in [0.1, 0.15) is 17.2 Å². The molecule has 3 nitrogen and oxygen atoms in total. The fraction of sp³-hybridized carbons (Fsp3) is 0.222. The number of aromatic carboxylic acids is 1. The minimum absolute atomic E-state index is 0.0355. The number of benzene rings is 1. The highest BCUT2D eigenvalue weighted by Crippen LogP contribution is 2.15. The second-order valence-corrected chi connectivity index (χ2v) is 2.67. The minimum Gasteiger partial charge on any atom is -0.477 e. The van der Waals surface area contributed by atoms with Gasteiger partial charge in [-0.2, -0.15) is 0 Å². The average Bonchev–Trinajstić information content (AvgIpc) is 2.01. The SMILES string of the molecule is COCc1cc(F)c(C(=O)O)c(F)c1. The Morgan fingerprint density at radius 2 is 1.93 bits per heavy atom. The molecule has 0 heterocycles. The summed E-state index contributed by atoms with van der Waals surface area (Å²) in [7, 11) is 1.38. The molecule has 0 saturated carbocycles. The van der Waals surface area contributed by atoms with E-state index >= 15 is 0 Å². The van der Waals surface area contributed by atoms with Gasteiger partial charge in [-0.25, -0.2) is 13.6 Å². The number of carboxylic acids is 1. The molecule has 14 heavy (non-hydrogen) atoms. The molecule has 0 aliphatic heterocycles. The number of ether oxygens (including phenoxy) is 1. The van der Waals surface area contributed by atoms with Gasteiger partial charge in [0.15, 0.2) is 0 Å². The molecule has 0 spiro atoms. The second kappa shape index (κ2) is 4.15. The number of carboxylic acid groups (broad SMARTS) is 1. The standard InChI is InChI=1S/C9H8F2O3/c1-14-4-5-2-6(10)8(9(12)13)7(11)3-5/h2-3H,4H2,1H3,(H,12,13). The molecule has 1 aromatic rings. The van der Waals surface area contributed by atoms with Crippen molar-refractivity contribution < 1.29 is 23.4 Å². The van der Waals surface area contributed by atoms with Gasteiger partial charge in [-0.05, 0) is 17.7 Å². The zero-order chi connectivity index (χ0) is 10.7. The molecule has 0 unspecified atom stereocenters. The van der Waals surface area contributed by atoms with Gasteiger partial charge in [0.25, 0.3) is 0 Å². The second-order valence-electron chi connectivity index (χ2n) is 2.67. The first-order valence-corrected chi connectivity index (χ1v) is 3.76. The van der Waals surface area contributed by atoms with Gasteiger partial charge in [0, 0.05) is 7.11 Å². The molecule has 1 N–H and O–H groups in total. The third-order valence-corrected chi connectivity index (χ3v) is 1.63. The van der Waals surface area contributed by atoms with Crippen molar-refractivity contribution in [1.82, 2.24) is 0 Å². The summed E-state index contributed by atoms with van der Waals surface area (Å²) in [5.41, 5.74) is -0.683. The molecule has 0 atom stereocenters. The predicted molar refractivity (Wildman–Crippen MR) is 44.0 cm³/mol. The van der Waals surface area contributed by atoms with E-state index in [0.29, 0.717) is 0 Å². The Kier molecular flexibility index (Phi) is 3.14. The van der Waals surface area contributed by atoms with E-state index < -0.39 is 23.2 Å². The number of methoxy groups -OCH3 is 1. The van der Waals surface area contributed by atoms with Gasteiger partial charge in [-0.1, -0.05) is 0 Å². The molecule has 5 heteroatoms. The number of halogens is 2. The number of carbonyl (C=O) groups is 1. The molecule has 1 aromatic carbocycles. The highest BCUT2D eigenvalue weighted by atomic mass is 19.1. The molecule has 0 radical (unpaired) electrons. The van der Waals surface area contributed by atoms with Crippen molar-refractivity contribution in [3.8, 4) is 0 Å². The van der Waals surface area contributed by atoms with Gasteiger partial charge in [0.05, 0.1) is 6.61 Å². The lowest BCUT2D eigenvalue weighted by molar-refractivity contribution is 0.0686. The van der Waals surface area contributed by atoms with Crippen LogP contribution in [0.3, 0.4) is 0 Å². The van der Waals surface area contributed by atoms with E-state index in [1.807, 2.05) is 0 Å². The van der Waals surface area contributed by atoms with E-state index in [9.17, 15) is 13.6 Å². The summed E-state index contributed by atoms with van der Waals surface area (Å²) in [6, 6.07) is 1.88. The summed E-state index contributed by atoms with van der Waals surface area (Å²) in [5, 5.41) is 8.46. The largest absolute Gasteiger partial charge is 0.477 e. The Balaban J connectivity index is 3.18. The molecular weight excluding hydrogens is 194 g/mol. The first-order valence-electron chi connectivity index (χ1n) is 3.76. The van der Waals surface area contributed by atoms with Crippen LogP contribution in [0.2, 0.25) is 0 Å². The first kappa shape index (κ1) is 10.6. The quantitative estimate of drug-likeness (QED) is 0.813. The van der Waals surface area contributed by atoms with E-state index in [1.54, 1.807) is 0 Å². The van der Waals surface area contributed by atoms with Crippen molar-refractivity contribution in [1.29, 1.82) is 0 Å². The maximum atomic E-state index is 13.0. The van der Waals surface area contributed by atoms with Crippen LogP contribution in [0.1, 0.15) is 15.9 Å². The van der Waals surface area contributed by atoms with E-state index in [0.717, 1.165) is 12.1 Å². The Hall–Kier alpha value is -1.49. The van der Waals surface area contributed by atoms with Crippen molar-refractivity contribution in [2.75, 3.05) is 7.11 Å². The third-order valence-electron chi connectivity index (χ3n) is 1.63. The summed E-state index contributed by atoms with van der Waals surface area (Å²) in [4.78, 5) is 10.4. The fourth-order valence-electron chi connectivity index (χ4n) is 1.08. The molecule has 76 valence electrons. The highest BCUT2D eigenvalue weighted by Gasteiger charge is 2.17. The van der Waals surface area contributed by atoms with Gasteiger partial charge < -0.3 is 9.84 Å². The molecule has 0 aliphatic carbocycles. The summed E-state index contributed by atoms with van der Waals surface area (Å²) in [5.74, 6) is -3.81. The molecule has 0 bridgehead atoms. The normalized spacial score (nSPS) is 10.2.